The molecule has 0 aliphatic rings. The predicted molar refractivity (Wildman–Crippen MR) is 183 cm³/mol. The lowest BCUT2D eigenvalue weighted by molar-refractivity contribution is -0.137. The number of rotatable bonds is 10. The Labute approximate surface area is 280 Å². The number of para-hydroxylation sites is 1. The summed E-state index contributed by atoms with van der Waals surface area (Å²) in [6, 6.07) is 36.2. The molecule has 5 aromatic carbocycles. The third kappa shape index (κ3) is 8.80. The molecule has 3 amide bonds. The maximum absolute atomic E-state index is 13.6. The minimum Gasteiger partial charge on any atom is -0.324 e. The minimum atomic E-state index is -4.64. The highest BCUT2D eigenvalue weighted by molar-refractivity contribution is 8.00. The summed E-state index contributed by atoms with van der Waals surface area (Å²) >= 11 is 1.15. The van der Waals surface area contributed by atoms with Gasteiger partial charge < -0.3 is 16.0 Å². The van der Waals surface area contributed by atoms with Crippen molar-refractivity contribution < 1.29 is 27.6 Å². The van der Waals surface area contributed by atoms with Gasteiger partial charge >= 0.3 is 6.18 Å². The Bertz CT molecular complexity index is 1930. The molecule has 0 heterocycles. The van der Waals surface area contributed by atoms with E-state index in [1.165, 1.54) is 18.2 Å². The van der Waals surface area contributed by atoms with Gasteiger partial charge in [0.2, 0.25) is 5.91 Å². The molecule has 0 spiro atoms. The SMILES string of the molecule is Cc1ccccc1/C=C(\NC(=O)c1ccccc1)C(=O)Nc1ccc(SC(C(=O)Nc2ccccc2C(F)(F)F)c2ccccc2)cc1. The lowest BCUT2D eigenvalue weighted by atomic mass is 10.1. The van der Waals surface area contributed by atoms with E-state index in [4.69, 9.17) is 0 Å². The number of amides is 3. The molecule has 10 heteroatoms. The number of carbonyl (C=O) groups is 3. The summed E-state index contributed by atoms with van der Waals surface area (Å²) in [6.07, 6.45) is -3.03. The summed E-state index contributed by atoms with van der Waals surface area (Å²) in [6.45, 7) is 1.90. The van der Waals surface area contributed by atoms with Crippen molar-refractivity contribution in [3.63, 3.8) is 0 Å². The number of halogens is 3. The van der Waals surface area contributed by atoms with Crippen LogP contribution in [0.3, 0.4) is 0 Å². The molecule has 1 unspecified atom stereocenters. The summed E-state index contributed by atoms with van der Waals surface area (Å²) in [4.78, 5) is 40.5. The molecule has 0 saturated heterocycles. The molecule has 48 heavy (non-hydrogen) atoms. The van der Waals surface area contributed by atoms with Crippen LogP contribution < -0.4 is 16.0 Å². The van der Waals surface area contributed by atoms with Gasteiger partial charge in [-0.3, -0.25) is 14.4 Å². The summed E-state index contributed by atoms with van der Waals surface area (Å²) in [5.41, 5.74) is 1.85. The lowest BCUT2D eigenvalue weighted by Gasteiger charge is -2.19. The molecule has 5 aromatic rings. The highest BCUT2D eigenvalue weighted by atomic mass is 32.2. The molecular weight excluding hydrogens is 635 g/mol. The Morgan fingerprint density at radius 2 is 1.31 bits per heavy atom. The number of nitrogens with one attached hydrogen (secondary N) is 3. The second-order valence-electron chi connectivity index (χ2n) is 10.7. The lowest BCUT2D eigenvalue weighted by Crippen LogP contribution is -2.30. The fourth-order valence-corrected chi connectivity index (χ4v) is 5.76. The van der Waals surface area contributed by atoms with E-state index in [2.05, 4.69) is 16.0 Å². The van der Waals surface area contributed by atoms with Crippen LogP contribution in [-0.2, 0) is 15.8 Å². The summed E-state index contributed by atoms with van der Waals surface area (Å²) in [5, 5.41) is 7.11. The van der Waals surface area contributed by atoms with Gasteiger partial charge in [0.25, 0.3) is 11.8 Å². The van der Waals surface area contributed by atoms with Crippen LogP contribution >= 0.6 is 11.8 Å². The topological polar surface area (TPSA) is 87.3 Å². The maximum Gasteiger partial charge on any atom is 0.418 e. The first kappa shape index (κ1) is 33.7. The first-order chi connectivity index (χ1) is 23.1. The van der Waals surface area contributed by atoms with Crippen molar-refractivity contribution in [1.29, 1.82) is 0 Å². The normalized spacial score (nSPS) is 12.1. The molecule has 0 radical (unpaired) electrons. The number of carbonyl (C=O) groups excluding carboxylic acids is 3. The van der Waals surface area contributed by atoms with Gasteiger partial charge in [-0.15, -0.1) is 11.8 Å². The van der Waals surface area contributed by atoms with E-state index < -0.39 is 34.7 Å². The van der Waals surface area contributed by atoms with Crippen molar-refractivity contribution in [1.82, 2.24) is 5.32 Å². The fourth-order valence-electron chi connectivity index (χ4n) is 4.74. The largest absolute Gasteiger partial charge is 0.418 e. The number of anilines is 2. The smallest absolute Gasteiger partial charge is 0.324 e. The van der Waals surface area contributed by atoms with E-state index >= 15 is 0 Å². The van der Waals surface area contributed by atoms with Gasteiger partial charge in [0, 0.05) is 16.1 Å². The zero-order valence-corrected chi connectivity index (χ0v) is 26.4. The Morgan fingerprint density at radius 3 is 1.98 bits per heavy atom. The molecule has 5 rings (SSSR count). The number of hydrogen-bond donors (Lipinski definition) is 3. The van der Waals surface area contributed by atoms with Crippen LogP contribution in [-0.4, -0.2) is 17.7 Å². The average molecular weight is 666 g/mol. The van der Waals surface area contributed by atoms with Crippen LogP contribution in [0.25, 0.3) is 6.08 Å². The molecular formula is C38H30F3N3O3S. The maximum atomic E-state index is 13.6. The number of benzene rings is 5. The third-order valence-electron chi connectivity index (χ3n) is 7.21. The van der Waals surface area contributed by atoms with Crippen LogP contribution in [0.4, 0.5) is 24.5 Å². The second kappa shape index (κ2) is 15.3. The average Bonchev–Trinajstić information content (AvgIpc) is 3.09. The van der Waals surface area contributed by atoms with Gasteiger partial charge in [-0.25, -0.2) is 0 Å². The summed E-state index contributed by atoms with van der Waals surface area (Å²) < 4.78 is 40.8. The number of alkyl halides is 3. The molecule has 0 aliphatic carbocycles. The molecule has 0 aromatic heterocycles. The van der Waals surface area contributed by atoms with Gasteiger partial charge in [0.15, 0.2) is 0 Å². The Kier molecular flexibility index (Phi) is 10.8. The van der Waals surface area contributed by atoms with Crippen LogP contribution in [0, 0.1) is 6.92 Å². The molecule has 0 saturated carbocycles. The van der Waals surface area contributed by atoms with Crippen molar-refractivity contribution in [2.24, 2.45) is 0 Å². The van der Waals surface area contributed by atoms with E-state index in [0.717, 1.165) is 29.0 Å². The standard InChI is InChI=1S/C38H30F3N3O3S/c1-25-12-8-9-17-28(25)24-33(44-35(45)27-15-6-3-7-16-27)36(46)42-29-20-22-30(23-21-29)48-34(26-13-4-2-5-14-26)37(47)43-32-19-11-10-18-31(32)38(39,40)41/h2-24,34H,1H3,(H,42,46)(H,43,47)(H,44,45)/b33-24-. The highest BCUT2D eigenvalue weighted by Gasteiger charge is 2.34. The van der Waals surface area contributed by atoms with Gasteiger partial charge in [0.05, 0.1) is 11.3 Å². The van der Waals surface area contributed by atoms with Crippen molar-refractivity contribution in [2.75, 3.05) is 10.6 Å². The molecule has 6 nitrogen and oxygen atoms in total. The molecule has 3 N–H and O–H groups in total. The quantitative estimate of drug-likeness (QED) is 0.103. The molecule has 0 fully saturated rings. The molecule has 0 aliphatic heterocycles. The minimum absolute atomic E-state index is 0.0385. The van der Waals surface area contributed by atoms with Crippen LogP contribution in [0.1, 0.15) is 37.9 Å². The van der Waals surface area contributed by atoms with Gasteiger partial charge in [-0.2, -0.15) is 13.2 Å². The Hall–Kier alpha value is -5.61. The van der Waals surface area contributed by atoms with Crippen molar-refractivity contribution >= 4 is 46.9 Å². The van der Waals surface area contributed by atoms with Crippen LogP contribution in [0.15, 0.2) is 144 Å². The second-order valence-corrected chi connectivity index (χ2v) is 11.8. The first-order valence-corrected chi connectivity index (χ1v) is 15.7. The number of thioether (sulfide) groups is 1. The van der Waals surface area contributed by atoms with E-state index in [-0.39, 0.29) is 11.4 Å². The van der Waals surface area contributed by atoms with Crippen LogP contribution in [0.5, 0.6) is 0 Å². The van der Waals surface area contributed by atoms with Gasteiger partial charge in [0.1, 0.15) is 10.9 Å². The van der Waals surface area contributed by atoms with Crippen molar-refractivity contribution in [3.05, 3.63) is 167 Å². The molecule has 1 atom stereocenters. The van der Waals surface area contributed by atoms with Crippen LogP contribution in [0.2, 0.25) is 0 Å². The highest BCUT2D eigenvalue weighted by Crippen LogP contribution is 2.39. The zero-order valence-electron chi connectivity index (χ0n) is 25.6. The van der Waals surface area contributed by atoms with E-state index in [0.29, 0.717) is 21.7 Å². The monoisotopic (exact) mass is 665 g/mol. The van der Waals surface area contributed by atoms with E-state index in [1.807, 2.05) is 31.2 Å². The fraction of sp³-hybridized carbons (Fsp3) is 0.0789. The summed E-state index contributed by atoms with van der Waals surface area (Å²) in [7, 11) is 0. The van der Waals surface area contributed by atoms with E-state index in [1.54, 1.807) is 91.0 Å². The molecule has 242 valence electrons. The van der Waals surface area contributed by atoms with Gasteiger partial charge in [-0.05, 0) is 78.2 Å². The molecule has 0 bridgehead atoms. The Morgan fingerprint density at radius 1 is 0.708 bits per heavy atom. The van der Waals surface area contributed by atoms with Crippen molar-refractivity contribution in [3.8, 4) is 0 Å². The first-order valence-electron chi connectivity index (χ1n) is 14.8. The van der Waals surface area contributed by atoms with E-state index in [9.17, 15) is 27.6 Å². The number of hydrogen-bond acceptors (Lipinski definition) is 4. The summed E-state index contributed by atoms with van der Waals surface area (Å²) in [5.74, 6) is -1.62. The third-order valence-corrected chi connectivity index (χ3v) is 8.48. The number of aryl methyl sites for hydroxylation is 1. The Balaban J connectivity index is 1.35. The van der Waals surface area contributed by atoms with Crippen molar-refractivity contribution in [2.45, 2.75) is 23.2 Å². The predicted octanol–water partition coefficient (Wildman–Crippen LogP) is 8.90. The van der Waals surface area contributed by atoms with Gasteiger partial charge in [-0.1, -0.05) is 84.9 Å². The zero-order chi connectivity index (χ0) is 34.1.